The average molecular weight is 291 g/mol. The van der Waals surface area contributed by atoms with Crippen LogP contribution in [0.5, 0.6) is 5.75 Å². The van der Waals surface area contributed by atoms with Gasteiger partial charge in [-0.25, -0.2) is 0 Å². The lowest BCUT2D eigenvalue weighted by Gasteiger charge is -2.06. The molecule has 0 saturated carbocycles. The maximum Gasteiger partial charge on any atom is 0.155 e. The summed E-state index contributed by atoms with van der Waals surface area (Å²) >= 11 is 0. The van der Waals surface area contributed by atoms with Crippen LogP contribution in [-0.4, -0.2) is 22.1 Å². The molecule has 0 aliphatic heterocycles. The predicted molar refractivity (Wildman–Crippen MR) is 82.5 cm³/mol. The van der Waals surface area contributed by atoms with Crippen molar-refractivity contribution in [2.45, 2.75) is 0 Å². The summed E-state index contributed by atoms with van der Waals surface area (Å²) in [6.45, 7) is 0. The van der Waals surface area contributed by atoms with Gasteiger partial charge in [0.2, 0.25) is 0 Å². The minimum Gasteiger partial charge on any atom is -0.497 e. The Morgan fingerprint density at radius 2 is 2.00 bits per heavy atom. The van der Waals surface area contributed by atoms with Crippen LogP contribution in [0.25, 0.3) is 16.9 Å². The molecule has 0 unspecified atom stereocenters. The van der Waals surface area contributed by atoms with E-state index in [2.05, 4.69) is 16.4 Å². The zero-order valence-corrected chi connectivity index (χ0v) is 11.9. The van der Waals surface area contributed by atoms with E-state index in [1.165, 1.54) is 4.68 Å². The third kappa shape index (κ3) is 2.25. The summed E-state index contributed by atoms with van der Waals surface area (Å²) in [6.07, 6.45) is 0. The first kappa shape index (κ1) is 13.6. The summed E-state index contributed by atoms with van der Waals surface area (Å²) < 4.78 is 6.67. The number of benzene rings is 2. The number of rotatable bonds is 3. The zero-order chi connectivity index (χ0) is 15.5. The largest absolute Gasteiger partial charge is 0.497 e. The van der Waals surface area contributed by atoms with Gasteiger partial charge in [-0.15, -0.1) is 5.10 Å². The third-order valence-corrected chi connectivity index (χ3v) is 3.30. The number of nitrogens with two attached hydrogens (primary N) is 1. The van der Waals surface area contributed by atoms with Gasteiger partial charge < -0.3 is 10.5 Å². The number of methoxy groups -OCH3 is 1. The van der Waals surface area contributed by atoms with Crippen molar-refractivity contribution >= 4 is 5.82 Å². The number of nitrogens with zero attached hydrogens (tertiary/aromatic N) is 4. The van der Waals surface area contributed by atoms with Gasteiger partial charge in [0.15, 0.2) is 5.82 Å². The number of anilines is 1. The molecule has 6 heteroatoms. The highest BCUT2D eigenvalue weighted by molar-refractivity contribution is 5.72. The van der Waals surface area contributed by atoms with E-state index < -0.39 is 0 Å². The molecule has 22 heavy (non-hydrogen) atoms. The molecule has 1 heterocycles. The Bertz CT molecular complexity index is 863. The molecule has 6 nitrogen and oxygen atoms in total. The van der Waals surface area contributed by atoms with E-state index in [4.69, 9.17) is 10.5 Å². The van der Waals surface area contributed by atoms with Crippen LogP contribution in [0.4, 0.5) is 5.82 Å². The van der Waals surface area contributed by atoms with Crippen LogP contribution in [0, 0.1) is 11.3 Å². The fourth-order valence-corrected chi connectivity index (χ4v) is 2.20. The summed E-state index contributed by atoms with van der Waals surface area (Å²) in [5, 5.41) is 17.4. The van der Waals surface area contributed by atoms with Gasteiger partial charge in [-0.2, -0.15) is 9.94 Å². The van der Waals surface area contributed by atoms with Crippen molar-refractivity contribution < 1.29 is 4.74 Å². The minimum atomic E-state index is 0.371. The first-order valence-electron chi connectivity index (χ1n) is 6.59. The fraction of sp³-hybridized carbons (Fsp3) is 0.0625. The van der Waals surface area contributed by atoms with Gasteiger partial charge in [0, 0.05) is 5.56 Å². The Morgan fingerprint density at radius 1 is 1.18 bits per heavy atom. The molecule has 0 spiro atoms. The number of nitriles is 1. The molecule has 0 saturated heterocycles. The molecule has 0 aliphatic carbocycles. The maximum atomic E-state index is 9.19. The second-order valence-electron chi connectivity index (χ2n) is 4.60. The van der Waals surface area contributed by atoms with Crippen molar-refractivity contribution in [3.63, 3.8) is 0 Å². The van der Waals surface area contributed by atoms with Gasteiger partial charge in [0.05, 0.1) is 18.4 Å². The molecule has 2 aromatic carbocycles. The molecular formula is C16H13N5O. The highest BCUT2D eigenvalue weighted by atomic mass is 16.5. The average Bonchev–Trinajstić information content (AvgIpc) is 2.96. The van der Waals surface area contributed by atoms with Crippen LogP contribution in [0.2, 0.25) is 0 Å². The summed E-state index contributed by atoms with van der Waals surface area (Å²) in [5.41, 5.74) is 8.61. The molecule has 0 bridgehead atoms. The van der Waals surface area contributed by atoms with Crippen molar-refractivity contribution in [3.8, 4) is 28.8 Å². The van der Waals surface area contributed by atoms with Crippen LogP contribution in [0.3, 0.4) is 0 Å². The number of nitrogen functional groups attached to an aromatic ring is 1. The van der Waals surface area contributed by atoms with E-state index in [9.17, 15) is 5.26 Å². The number of aromatic nitrogens is 3. The Morgan fingerprint density at radius 3 is 2.77 bits per heavy atom. The summed E-state index contributed by atoms with van der Waals surface area (Å²) in [5.74, 6) is 1.08. The molecular weight excluding hydrogens is 278 g/mol. The van der Waals surface area contributed by atoms with E-state index >= 15 is 0 Å². The number of ether oxygens (including phenoxy) is 1. The summed E-state index contributed by atoms with van der Waals surface area (Å²) in [7, 11) is 1.60. The smallest absolute Gasteiger partial charge is 0.155 e. The molecule has 0 atom stereocenters. The second-order valence-corrected chi connectivity index (χ2v) is 4.60. The molecule has 108 valence electrons. The van der Waals surface area contributed by atoms with Crippen molar-refractivity contribution in [2.75, 3.05) is 12.8 Å². The van der Waals surface area contributed by atoms with E-state index in [-0.39, 0.29) is 0 Å². The molecule has 0 aliphatic rings. The Balaban J connectivity index is 2.11. The van der Waals surface area contributed by atoms with Crippen molar-refractivity contribution in [3.05, 3.63) is 54.1 Å². The van der Waals surface area contributed by atoms with Crippen LogP contribution < -0.4 is 10.5 Å². The molecule has 0 amide bonds. The van der Waals surface area contributed by atoms with Gasteiger partial charge in [-0.1, -0.05) is 29.5 Å². The summed E-state index contributed by atoms with van der Waals surface area (Å²) in [6, 6.07) is 16.6. The fourth-order valence-electron chi connectivity index (χ4n) is 2.20. The highest BCUT2D eigenvalue weighted by Crippen LogP contribution is 2.28. The summed E-state index contributed by atoms with van der Waals surface area (Å²) in [4.78, 5) is 0. The van der Waals surface area contributed by atoms with Crippen molar-refractivity contribution in [2.24, 2.45) is 0 Å². The SMILES string of the molecule is COc1cccc(-c2nnn(-c3ccccc3C#N)c2N)c1. The Hall–Kier alpha value is -3.33. The molecule has 0 radical (unpaired) electrons. The minimum absolute atomic E-state index is 0.371. The number of hydrogen-bond acceptors (Lipinski definition) is 5. The molecule has 3 aromatic rings. The first-order valence-corrected chi connectivity index (χ1v) is 6.59. The standard InChI is InChI=1S/C16H13N5O/c1-22-13-7-4-6-11(9-13)15-16(18)21(20-19-15)14-8-3-2-5-12(14)10-17/h2-9H,18H2,1H3. The second kappa shape index (κ2) is 5.58. The molecule has 2 N–H and O–H groups in total. The number of para-hydroxylation sites is 1. The molecule has 1 aromatic heterocycles. The van der Waals surface area contributed by atoms with Crippen LogP contribution in [-0.2, 0) is 0 Å². The lowest BCUT2D eigenvalue weighted by Crippen LogP contribution is -2.04. The van der Waals surface area contributed by atoms with Crippen LogP contribution in [0.15, 0.2) is 48.5 Å². The third-order valence-electron chi connectivity index (χ3n) is 3.30. The lowest BCUT2D eigenvalue weighted by molar-refractivity contribution is 0.415. The lowest BCUT2D eigenvalue weighted by atomic mass is 10.1. The van der Waals surface area contributed by atoms with Gasteiger partial charge in [0.1, 0.15) is 17.5 Å². The Kier molecular flexibility index (Phi) is 3.46. The van der Waals surface area contributed by atoms with Crippen molar-refractivity contribution in [1.82, 2.24) is 15.0 Å². The van der Waals surface area contributed by atoms with Crippen molar-refractivity contribution in [1.29, 1.82) is 5.26 Å². The van der Waals surface area contributed by atoms with Gasteiger partial charge in [0.25, 0.3) is 0 Å². The Labute approximate surface area is 127 Å². The first-order chi connectivity index (χ1) is 10.7. The monoisotopic (exact) mass is 291 g/mol. The normalized spacial score (nSPS) is 10.2. The molecule has 0 fully saturated rings. The van der Waals surface area contributed by atoms with Crippen LogP contribution >= 0.6 is 0 Å². The predicted octanol–water partition coefficient (Wildman–Crippen LogP) is 2.40. The van der Waals surface area contributed by atoms with Gasteiger partial charge >= 0.3 is 0 Å². The van der Waals surface area contributed by atoms with E-state index in [1.54, 1.807) is 25.3 Å². The van der Waals surface area contributed by atoms with Gasteiger partial charge in [-0.05, 0) is 24.3 Å². The zero-order valence-electron chi connectivity index (χ0n) is 11.9. The highest BCUT2D eigenvalue weighted by Gasteiger charge is 2.15. The van der Waals surface area contributed by atoms with E-state index in [0.717, 1.165) is 5.56 Å². The van der Waals surface area contributed by atoms with E-state index in [0.29, 0.717) is 28.5 Å². The quantitative estimate of drug-likeness (QED) is 0.800. The van der Waals surface area contributed by atoms with Crippen LogP contribution in [0.1, 0.15) is 5.56 Å². The van der Waals surface area contributed by atoms with E-state index in [1.807, 2.05) is 30.3 Å². The van der Waals surface area contributed by atoms with Gasteiger partial charge in [-0.3, -0.25) is 0 Å². The number of hydrogen-bond donors (Lipinski definition) is 1. The topological polar surface area (TPSA) is 89.8 Å². The molecule has 3 rings (SSSR count). The maximum absolute atomic E-state index is 9.19.